The molecule has 7 heteroatoms. The first-order valence-electron chi connectivity index (χ1n) is 4.54. The van der Waals surface area contributed by atoms with E-state index in [2.05, 4.69) is 15.9 Å². The summed E-state index contributed by atoms with van der Waals surface area (Å²) in [4.78, 5) is 22.0. The van der Waals surface area contributed by atoms with Gasteiger partial charge in [0, 0.05) is 11.1 Å². The van der Waals surface area contributed by atoms with Crippen LogP contribution in [0.5, 0.6) is 0 Å². The van der Waals surface area contributed by atoms with E-state index in [-0.39, 0.29) is 17.2 Å². The fraction of sp³-hybridized carbons (Fsp3) is 0.182. The molecule has 0 saturated carbocycles. The van der Waals surface area contributed by atoms with Crippen LogP contribution in [0.25, 0.3) is 0 Å². The minimum absolute atomic E-state index is 0.149. The largest absolute Gasteiger partial charge is 0.417 e. The van der Waals surface area contributed by atoms with Crippen molar-refractivity contribution in [2.75, 3.05) is 5.33 Å². The first-order chi connectivity index (χ1) is 8.35. The Morgan fingerprint density at radius 1 is 1.44 bits per heavy atom. The van der Waals surface area contributed by atoms with Crippen LogP contribution in [-0.2, 0) is 6.18 Å². The lowest BCUT2D eigenvalue weighted by Gasteiger charge is -2.12. The van der Waals surface area contributed by atoms with Crippen LogP contribution in [0.2, 0.25) is 0 Å². The summed E-state index contributed by atoms with van der Waals surface area (Å²) >= 11 is 2.77. The monoisotopic (exact) mass is 319 g/mol. The highest BCUT2D eigenvalue weighted by molar-refractivity contribution is 9.09. The van der Waals surface area contributed by atoms with Gasteiger partial charge >= 0.3 is 6.18 Å². The second kappa shape index (κ2) is 5.31. The van der Waals surface area contributed by atoms with E-state index in [0.717, 1.165) is 6.07 Å². The van der Waals surface area contributed by atoms with Gasteiger partial charge in [0.2, 0.25) is 0 Å². The molecule has 0 amide bonds. The molecule has 0 bridgehead atoms. The lowest BCUT2D eigenvalue weighted by Crippen LogP contribution is -2.15. The van der Waals surface area contributed by atoms with Crippen molar-refractivity contribution in [3.63, 3.8) is 0 Å². The Hall–Kier alpha value is -1.68. The molecular formula is C11H5BrF3NO2. The molecule has 0 aliphatic carbocycles. The van der Waals surface area contributed by atoms with Crippen molar-refractivity contribution in [2.45, 2.75) is 6.18 Å². The molecule has 18 heavy (non-hydrogen) atoms. The average Bonchev–Trinajstić information content (AvgIpc) is 2.34. The molecule has 94 valence electrons. The fourth-order valence-corrected chi connectivity index (χ4v) is 1.65. The van der Waals surface area contributed by atoms with Gasteiger partial charge in [-0.15, -0.1) is 0 Å². The zero-order valence-electron chi connectivity index (χ0n) is 8.71. The second-order valence-corrected chi connectivity index (χ2v) is 3.83. The molecule has 1 aromatic rings. The van der Waals surface area contributed by atoms with E-state index in [4.69, 9.17) is 5.26 Å². The molecule has 0 fully saturated rings. The molecular weight excluding hydrogens is 315 g/mol. The Kier molecular flexibility index (Phi) is 4.24. The highest BCUT2D eigenvalue weighted by atomic mass is 79.9. The molecule has 0 spiro atoms. The summed E-state index contributed by atoms with van der Waals surface area (Å²) in [5.41, 5.74) is -2.49. The third-order valence-electron chi connectivity index (χ3n) is 2.16. The zero-order valence-corrected chi connectivity index (χ0v) is 10.3. The topological polar surface area (TPSA) is 57.9 Å². The van der Waals surface area contributed by atoms with E-state index in [1.165, 1.54) is 0 Å². The Balaban J connectivity index is 3.63. The van der Waals surface area contributed by atoms with Crippen LogP contribution in [0.15, 0.2) is 12.1 Å². The first kappa shape index (κ1) is 14.4. The van der Waals surface area contributed by atoms with Crippen LogP contribution in [0, 0.1) is 11.3 Å². The van der Waals surface area contributed by atoms with Crippen molar-refractivity contribution in [1.82, 2.24) is 0 Å². The number of nitriles is 1. The summed E-state index contributed by atoms with van der Waals surface area (Å²) in [6.07, 6.45) is -4.62. The smallest absolute Gasteiger partial charge is 0.298 e. The molecule has 3 nitrogen and oxygen atoms in total. The highest BCUT2D eigenvalue weighted by Crippen LogP contribution is 2.34. The third kappa shape index (κ3) is 2.76. The predicted molar refractivity (Wildman–Crippen MR) is 59.7 cm³/mol. The number of nitrogens with zero attached hydrogens (tertiary/aromatic N) is 1. The van der Waals surface area contributed by atoms with Crippen molar-refractivity contribution < 1.29 is 22.8 Å². The molecule has 0 atom stereocenters. The number of benzene rings is 1. The quantitative estimate of drug-likeness (QED) is 0.489. The lowest BCUT2D eigenvalue weighted by atomic mass is 9.97. The average molecular weight is 320 g/mol. The molecule has 1 aromatic carbocycles. The van der Waals surface area contributed by atoms with Crippen molar-refractivity contribution in [2.24, 2.45) is 0 Å². The molecule has 0 aliphatic rings. The third-order valence-corrected chi connectivity index (χ3v) is 2.67. The van der Waals surface area contributed by atoms with Crippen LogP contribution in [0.4, 0.5) is 13.2 Å². The normalized spacial score (nSPS) is 10.8. The Labute approximate surface area is 108 Å². The standard InChI is InChI=1S/C11H5BrF3NO2/c12-3-10(18)8-1-6(4-16)7(5-17)2-9(8)11(13,14)15/h1-2,5H,3H2. The van der Waals surface area contributed by atoms with E-state index in [9.17, 15) is 22.8 Å². The van der Waals surface area contributed by atoms with Crippen molar-refractivity contribution in [1.29, 1.82) is 5.26 Å². The maximum atomic E-state index is 12.7. The van der Waals surface area contributed by atoms with E-state index in [0.29, 0.717) is 6.07 Å². The summed E-state index contributed by atoms with van der Waals surface area (Å²) in [6, 6.07) is 2.88. The molecule has 0 heterocycles. The van der Waals surface area contributed by atoms with Crippen LogP contribution in [-0.4, -0.2) is 17.4 Å². The fourth-order valence-electron chi connectivity index (χ4n) is 1.35. The van der Waals surface area contributed by atoms with Crippen molar-refractivity contribution in [3.8, 4) is 6.07 Å². The van der Waals surface area contributed by atoms with E-state index in [1.807, 2.05) is 0 Å². The zero-order chi connectivity index (χ0) is 13.9. The van der Waals surface area contributed by atoms with Gasteiger partial charge in [0.1, 0.15) is 0 Å². The van der Waals surface area contributed by atoms with Crippen LogP contribution in [0.1, 0.15) is 31.8 Å². The summed E-state index contributed by atoms with van der Waals surface area (Å²) in [6.45, 7) is 0. The van der Waals surface area contributed by atoms with Gasteiger partial charge < -0.3 is 0 Å². The van der Waals surface area contributed by atoms with Gasteiger partial charge in [0.15, 0.2) is 12.1 Å². The number of alkyl halides is 4. The predicted octanol–water partition coefficient (Wildman–Crippen LogP) is 2.97. The first-order valence-corrected chi connectivity index (χ1v) is 5.67. The molecule has 0 saturated heterocycles. The minimum Gasteiger partial charge on any atom is -0.298 e. The van der Waals surface area contributed by atoms with Gasteiger partial charge in [0.25, 0.3) is 0 Å². The summed E-state index contributed by atoms with van der Waals surface area (Å²) in [5, 5.41) is 8.40. The van der Waals surface area contributed by atoms with Gasteiger partial charge in [-0.25, -0.2) is 0 Å². The molecule has 1 rings (SSSR count). The van der Waals surface area contributed by atoms with Gasteiger partial charge in [-0.05, 0) is 12.1 Å². The number of ketones is 1. The lowest BCUT2D eigenvalue weighted by molar-refractivity contribution is -0.137. The minimum atomic E-state index is -4.76. The van der Waals surface area contributed by atoms with Gasteiger partial charge in [-0.1, -0.05) is 15.9 Å². The second-order valence-electron chi connectivity index (χ2n) is 3.27. The summed E-state index contributed by atoms with van der Waals surface area (Å²) in [5.74, 6) is -0.809. The SMILES string of the molecule is N#Cc1cc(C(=O)CBr)c(C(F)(F)F)cc1C=O. The van der Waals surface area contributed by atoms with Crippen LogP contribution in [0.3, 0.4) is 0 Å². The van der Waals surface area contributed by atoms with Gasteiger partial charge in [-0.3, -0.25) is 9.59 Å². The van der Waals surface area contributed by atoms with E-state index < -0.39 is 28.6 Å². The number of halogens is 4. The highest BCUT2D eigenvalue weighted by Gasteiger charge is 2.36. The number of aldehydes is 1. The van der Waals surface area contributed by atoms with E-state index >= 15 is 0 Å². The van der Waals surface area contributed by atoms with Crippen molar-refractivity contribution >= 4 is 28.0 Å². The molecule has 0 aromatic heterocycles. The Morgan fingerprint density at radius 2 is 2.06 bits per heavy atom. The Morgan fingerprint density at radius 3 is 2.44 bits per heavy atom. The maximum absolute atomic E-state index is 12.7. The Bertz CT molecular complexity index is 546. The summed E-state index contributed by atoms with van der Waals surface area (Å²) in [7, 11) is 0. The van der Waals surface area contributed by atoms with E-state index in [1.54, 1.807) is 6.07 Å². The number of hydrogen-bond acceptors (Lipinski definition) is 3. The molecule has 0 aliphatic heterocycles. The van der Waals surface area contributed by atoms with Gasteiger partial charge in [-0.2, -0.15) is 18.4 Å². The number of Topliss-reactive ketones (excluding diaryl/α,β-unsaturated/α-hetero) is 1. The maximum Gasteiger partial charge on any atom is 0.417 e. The van der Waals surface area contributed by atoms with Gasteiger partial charge in [0.05, 0.1) is 22.5 Å². The van der Waals surface area contributed by atoms with Crippen LogP contribution < -0.4 is 0 Å². The molecule has 0 unspecified atom stereocenters. The number of carbonyl (C=O) groups excluding carboxylic acids is 2. The number of carbonyl (C=O) groups is 2. The molecule has 0 radical (unpaired) electrons. The van der Waals surface area contributed by atoms with Crippen molar-refractivity contribution in [3.05, 3.63) is 34.4 Å². The number of rotatable bonds is 3. The number of hydrogen-bond donors (Lipinski definition) is 0. The van der Waals surface area contributed by atoms with Crippen LogP contribution >= 0.6 is 15.9 Å². The summed E-state index contributed by atoms with van der Waals surface area (Å²) < 4.78 is 38.2. The molecule has 0 N–H and O–H groups in total.